The average Bonchev–Trinajstić information content (AvgIpc) is 2.50. The van der Waals surface area contributed by atoms with Crippen LogP contribution in [-0.4, -0.2) is 23.0 Å². The fourth-order valence-corrected chi connectivity index (χ4v) is 1.57. The molecule has 1 amide bonds. The molecular weight excluding hydrogens is 275 g/mol. The maximum Gasteiger partial charge on any atom is 0.339 e. The topological polar surface area (TPSA) is 68.3 Å². The summed E-state index contributed by atoms with van der Waals surface area (Å²) in [6, 6.07) is 8.70. The quantitative estimate of drug-likeness (QED) is 0.877. The smallest absolute Gasteiger partial charge is 0.339 e. The third kappa shape index (κ3) is 3.85. The number of anilines is 1. The van der Waals surface area contributed by atoms with Crippen LogP contribution in [0, 0.1) is 5.82 Å². The highest BCUT2D eigenvalue weighted by Gasteiger charge is 2.19. The third-order valence-electron chi connectivity index (χ3n) is 2.70. The number of hydrogen-bond acceptors (Lipinski definition) is 4. The van der Waals surface area contributed by atoms with Gasteiger partial charge in [0.25, 0.3) is 5.91 Å². The molecule has 6 heteroatoms. The molecular formula is C15H13FN2O3. The van der Waals surface area contributed by atoms with Crippen LogP contribution in [0.25, 0.3) is 0 Å². The van der Waals surface area contributed by atoms with Crippen molar-refractivity contribution in [2.24, 2.45) is 0 Å². The maximum atomic E-state index is 13.4. The molecule has 0 aliphatic heterocycles. The van der Waals surface area contributed by atoms with Crippen LogP contribution in [-0.2, 0) is 9.53 Å². The number of para-hydroxylation sites is 1. The van der Waals surface area contributed by atoms with Crippen molar-refractivity contribution < 1.29 is 18.7 Å². The Morgan fingerprint density at radius 1 is 1.19 bits per heavy atom. The highest BCUT2D eigenvalue weighted by atomic mass is 19.1. The minimum atomic E-state index is -1.05. The number of hydrogen-bond donors (Lipinski definition) is 1. The Labute approximate surface area is 120 Å². The van der Waals surface area contributed by atoms with E-state index in [4.69, 9.17) is 4.74 Å². The van der Waals surface area contributed by atoms with Crippen molar-refractivity contribution in [1.29, 1.82) is 0 Å². The number of halogens is 1. The summed E-state index contributed by atoms with van der Waals surface area (Å²) in [7, 11) is 0. The molecule has 108 valence electrons. The normalized spacial score (nSPS) is 11.5. The Kier molecular flexibility index (Phi) is 4.61. The summed E-state index contributed by atoms with van der Waals surface area (Å²) in [5.74, 6) is -1.81. The second kappa shape index (κ2) is 6.60. The van der Waals surface area contributed by atoms with Gasteiger partial charge in [0.15, 0.2) is 6.10 Å². The molecule has 0 radical (unpaired) electrons. The van der Waals surface area contributed by atoms with Crippen LogP contribution in [0.15, 0.2) is 48.8 Å². The van der Waals surface area contributed by atoms with Crippen LogP contribution in [0.2, 0.25) is 0 Å². The van der Waals surface area contributed by atoms with Gasteiger partial charge in [0.1, 0.15) is 5.82 Å². The van der Waals surface area contributed by atoms with Gasteiger partial charge < -0.3 is 10.1 Å². The number of ether oxygens (including phenoxy) is 1. The lowest BCUT2D eigenvalue weighted by Crippen LogP contribution is -2.30. The number of benzene rings is 1. The van der Waals surface area contributed by atoms with Crippen molar-refractivity contribution >= 4 is 17.6 Å². The first-order valence-electron chi connectivity index (χ1n) is 6.24. The van der Waals surface area contributed by atoms with Gasteiger partial charge in [-0.1, -0.05) is 12.1 Å². The molecule has 0 aliphatic carbocycles. The third-order valence-corrected chi connectivity index (χ3v) is 2.70. The Morgan fingerprint density at radius 2 is 1.86 bits per heavy atom. The van der Waals surface area contributed by atoms with Gasteiger partial charge in [0.05, 0.1) is 11.3 Å². The van der Waals surface area contributed by atoms with Crippen LogP contribution in [0.4, 0.5) is 10.1 Å². The van der Waals surface area contributed by atoms with Gasteiger partial charge in [-0.15, -0.1) is 0 Å². The molecule has 2 rings (SSSR count). The van der Waals surface area contributed by atoms with Gasteiger partial charge in [-0.25, -0.2) is 9.18 Å². The van der Waals surface area contributed by atoms with Crippen molar-refractivity contribution in [3.63, 3.8) is 0 Å². The number of carbonyl (C=O) groups excluding carboxylic acids is 2. The summed E-state index contributed by atoms with van der Waals surface area (Å²) >= 11 is 0. The van der Waals surface area contributed by atoms with E-state index in [2.05, 4.69) is 10.3 Å². The van der Waals surface area contributed by atoms with Gasteiger partial charge in [0, 0.05) is 12.4 Å². The number of nitrogens with zero attached hydrogens (tertiary/aromatic N) is 1. The summed E-state index contributed by atoms with van der Waals surface area (Å²) in [4.78, 5) is 27.4. The first-order valence-corrected chi connectivity index (χ1v) is 6.24. The Bertz CT molecular complexity index is 646. The number of aromatic nitrogens is 1. The monoisotopic (exact) mass is 288 g/mol. The SMILES string of the molecule is C[C@@H](OC(=O)c1ccncc1)C(=O)Nc1ccccc1F. The molecule has 1 atom stereocenters. The van der Waals surface area contributed by atoms with E-state index >= 15 is 0 Å². The molecule has 0 aliphatic rings. The first-order chi connectivity index (χ1) is 10.1. The molecule has 5 nitrogen and oxygen atoms in total. The summed E-state index contributed by atoms with van der Waals surface area (Å²) in [5, 5.41) is 2.36. The lowest BCUT2D eigenvalue weighted by atomic mass is 10.2. The Hall–Kier alpha value is -2.76. The van der Waals surface area contributed by atoms with E-state index in [1.165, 1.54) is 49.6 Å². The predicted molar refractivity (Wildman–Crippen MR) is 74.1 cm³/mol. The fourth-order valence-electron chi connectivity index (χ4n) is 1.57. The molecule has 2 aromatic rings. The Balaban J connectivity index is 1.97. The zero-order chi connectivity index (χ0) is 15.2. The standard InChI is InChI=1S/C15H13FN2O3/c1-10(21-15(20)11-6-8-17-9-7-11)14(19)18-13-5-3-2-4-12(13)16/h2-10H,1H3,(H,18,19)/t10-/m1/s1. The summed E-state index contributed by atoms with van der Waals surface area (Å²) < 4.78 is 18.4. The Morgan fingerprint density at radius 3 is 2.52 bits per heavy atom. The van der Waals surface area contributed by atoms with Crippen molar-refractivity contribution in [1.82, 2.24) is 4.98 Å². The molecule has 0 spiro atoms. The van der Waals surface area contributed by atoms with E-state index in [1.54, 1.807) is 6.07 Å². The van der Waals surface area contributed by atoms with Crippen LogP contribution >= 0.6 is 0 Å². The molecule has 1 N–H and O–H groups in total. The molecule has 1 aromatic heterocycles. The summed E-state index contributed by atoms with van der Waals surface area (Å²) in [5.41, 5.74) is 0.324. The molecule has 0 unspecified atom stereocenters. The van der Waals surface area contributed by atoms with Crippen LogP contribution in [0.5, 0.6) is 0 Å². The summed E-state index contributed by atoms with van der Waals surface area (Å²) in [6.45, 7) is 1.41. The second-order valence-corrected chi connectivity index (χ2v) is 4.25. The molecule has 0 saturated heterocycles. The van der Waals surface area contributed by atoms with E-state index in [0.29, 0.717) is 0 Å². The van der Waals surface area contributed by atoms with E-state index in [0.717, 1.165) is 0 Å². The van der Waals surface area contributed by atoms with Gasteiger partial charge >= 0.3 is 5.97 Å². The van der Waals surface area contributed by atoms with Gasteiger partial charge in [-0.3, -0.25) is 9.78 Å². The van der Waals surface area contributed by atoms with E-state index in [1.807, 2.05) is 0 Å². The van der Waals surface area contributed by atoms with Crippen molar-refractivity contribution in [3.8, 4) is 0 Å². The van der Waals surface area contributed by atoms with Crippen LogP contribution < -0.4 is 5.32 Å². The lowest BCUT2D eigenvalue weighted by molar-refractivity contribution is -0.123. The highest BCUT2D eigenvalue weighted by molar-refractivity contribution is 5.97. The average molecular weight is 288 g/mol. The number of rotatable bonds is 4. The van der Waals surface area contributed by atoms with Crippen molar-refractivity contribution in [2.75, 3.05) is 5.32 Å². The van der Waals surface area contributed by atoms with E-state index < -0.39 is 23.8 Å². The van der Waals surface area contributed by atoms with Crippen LogP contribution in [0.1, 0.15) is 17.3 Å². The van der Waals surface area contributed by atoms with E-state index in [-0.39, 0.29) is 11.3 Å². The zero-order valence-corrected chi connectivity index (χ0v) is 11.2. The maximum absolute atomic E-state index is 13.4. The number of esters is 1. The molecule has 0 fully saturated rings. The van der Waals surface area contributed by atoms with Crippen LogP contribution in [0.3, 0.4) is 0 Å². The molecule has 1 heterocycles. The highest BCUT2D eigenvalue weighted by Crippen LogP contribution is 2.13. The van der Waals surface area contributed by atoms with Gasteiger partial charge in [-0.2, -0.15) is 0 Å². The number of pyridine rings is 1. The first kappa shape index (κ1) is 14.6. The number of amides is 1. The number of nitrogens with one attached hydrogen (secondary N) is 1. The van der Waals surface area contributed by atoms with Crippen molar-refractivity contribution in [3.05, 3.63) is 60.2 Å². The zero-order valence-electron chi connectivity index (χ0n) is 11.2. The molecule has 1 aromatic carbocycles. The number of carbonyl (C=O) groups is 2. The molecule has 0 bridgehead atoms. The lowest BCUT2D eigenvalue weighted by Gasteiger charge is -2.13. The van der Waals surface area contributed by atoms with Crippen molar-refractivity contribution in [2.45, 2.75) is 13.0 Å². The minimum Gasteiger partial charge on any atom is -0.449 e. The molecule has 0 saturated carbocycles. The second-order valence-electron chi connectivity index (χ2n) is 4.25. The fraction of sp³-hybridized carbons (Fsp3) is 0.133. The molecule has 21 heavy (non-hydrogen) atoms. The summed E-state index contributed by atoms with van der Waals surface area (Å²) in [6.07, 6.45) is 1.84. The predicted octanol–water partition coefficient (Wildman–Crippen LogP) is 2.40. The minimum absolute atomic E-state index is 0.0364. The van der Waals surface area contributed by atoms with Gasteiger partial charge in [0.2, 0.25) is 0 Å². The van der Waals surface area contributed by atoms with E-state index in [9.17, 15) is 14.0 Å². The van der Waals surface area contributed by atoms with Gasteiger partial charge in [-0.05, 0) is 31.2 Å². The largest absolute Gasteiger partial charge is 0.449 e.